The van der Waals surface area contributed by atoms with E-state index in [1.807, 2.05) is 0 Å². The van der Waals surface area contributed by atoms with E-state index in [1.165, 1.54) is 55.8 Å². The summed E-state index contributed by atoms with van der Waals surface area (Å²) in [6.45, 7) is 16.3. The minimum Gasteiger partial charge on any atom is -0.454 e. The molecule has 1 aliphatic carbocycles. The lowest BCUT2D eigenvalue weighted by atomic mass is 9.43. The molecule has 13 rings (SSSR count). The molecule has 0 amide bonds. The first-order valence-electron chi connectivity index (χ1n) is 24.0. The van der Waals surface area contributed by atoms with Gasteiger partial charge in [-0.25, -0.2) is 0 Å². The summed E-state index contributed by atoms with van der Waals surface area (Å²) in [4.78, 5) is 5.06. The minimum absolute atomic E-state index is 0.0179. The number of hydrogen-bond acceptors (Lipinski definition) is 4. The summed E-state index contributed by atoms with van der Waals surface area (Å²) in [6.07, 6.45) is 2.30. The first kappa shape index (κ1) is 40.1. The molecular weight excluding hydrogens is 816 g/mol. The molecule has 10 aromatic rings. The van der Waals surface area contributed by atoms with E-state index in [9.17, 15) is 0 Å². The van der Waals surface area contributed by atoms with Crippen molar-refractivity contribution in [1.82, 2.24) is 0 Å². The van der Waals surface area contributed by atoms with Crippen molar-refractivity contribution in [3.05, 3.63) is 187 Å². The standard InChI is InChI=1S/C62H53BN2O2/c1-60(2,3)41-27-31-51(45(35-41)39-20-12-9-13-21-39)64-57-55-47(37-48-43-22-14-16-24-53(43)66-58(48)57)46-34-40(38-18-10-8-11-19-38)26-30-52(46)65(63(55)56-44-23-15-17-25-54(44)67-59(56)64)42-28-29-49-50(36-42)62(6,7)33-32-61(49,4)5/h8-31,34-37H,32-33H2,1-7H3. The molecular formula is C62H53BN2O2. The Morgan fingerprint density at radius 2 is 1.13 bits per heavy atom. The molecule has 4 nitrogen and oxygen atoms in total. The van der Waals surface area contributed by atoms with Gasteiger partial charge in [0.25, 0.3) is 0 Å². The Morgan fingerprint density at radius 3 is 1.87 bits per heavy atom. The highest BCUT2D eigenvalue weighted by atomic mass is 16.4. The molecule has 0 radical (unpaired) electrons. The maximum absolute atomic E-state index is 7.38. The highest BCUT2D eigenvalue weighted by molar-refractivity contribution is 6.95. The largest absolute Gasteiger partial charge is 0.454 e. The van der Waals surface area contributed by atoms with Crippen LogP contribution < -0.4 is 20.6 Å². The van der Waals surface area contributed by atoms with Gasteiger partial charge in [-0.05, 0) is 128 Å². The molecule has 0 atom stereocenters. The Morgan fingerprint density at radius 1 is 0.493 bits per heavy atom. The highest BCUT2D eigenvalue weighted by Gasteiger charge is 2.50. The third-order valence-corrected chi connectivity index (χ3v) is 15.5. The van der Waals surface area contributed by atoms with Crippen LogP contribution in [0.25, 0.3) is 66.3 Å². The van der Waals surface area contributed by atoms with Gasteiger partial charge >= 0.3 is 6.85 Å². The SMILES string of the molecule is CC(C)(C)c1ccc(N2c3oc4ccccc4c3B3c4c(cc5c(oc6ccccc65)c42)-c2cc(-c4ccccc4)ccc2N3c2ccc3c(c2)C(C)(C)CCC3(C)C)c(-c2ccccc2)c1. The molecule has 0 fully saturated rings. The fourth-order valence-corrected chi connectivity index (χ4v) is 11.8. The number of rotatable bonds is 4. The van der Waals surface area contributed by atoms with Crippen LogP contribution in [0.5, 0.6) is 0 Å². The third kappa shape index (κ3) is 5.93. The van der Waals surface area contributed by atoms with E-state index in [2.05, 4.69) is 228 Å². The molecule has 67 heavy (non-hydrogen) atoms. The minimum atomic E-state index is -0.264. The number of benzene rings is 8. The van der Waals surface area contributed by atoms with Crippen LogP contribution in [0.3, 0.4) is 0 Å². The van der Waals surface area contributed by atoms with Crippen LogP contribution in [-0.4, -0.2) is 6.85 Å². The van der Waals surface area contributed by atoms with Gasteiger partial charge in [-0.15, -0.1) is 0 Å². The highest BCUT2D eigenvalue weighted by Crippen LogP contribution is 2.55. The van der Waals surface area contributed by atoms with Crippen molar-refractivity contribution in [3.63, 3.8) is 0 Å². The summed E-state index contributed by atoms with van der Waals surface area (Å²) >= 11 is 0. The van der Waals surface area contributed by atoms with Gasteiger partial charge < -0.3 is 13.6 Å². The first-order chi connectivity index (χ1) is 32.4. The first-order valence-corrected chi connectivity index (χ1v) is 24.0. The van der Waals surface area contributed by atoms with Gasteiger partial charge in [0, 0.05) is 44.1 Å². The topological polar surface area (TPSA) is 32.8 Å². The van der Waals surface area contributed by atoms with Gasteiger partial charge in [0.2, 0.25) is 5.88 Å². The lowest BCUT2D eigenvalue weighted by Gasteiger charge is -2.46. The van der Waals surface area contributed by atoms with Gasteiger partial charge in [-0.3, -0.25) is 4.90 Å². The zero-order valence-electron chi connectivity index (χ0n) is 39.4. The molecule has 0 saturated heterocycles. The second-order valence-corrected chi connectivity index (χ2v) is 21.5. The van der Waals surface area contributed by atoms with Crippen molar-refractivity contribution in [2.45, 2.75) is 77.6 Å². The van der Waals surface area contributed by atoms with Crippen LogP contribution in [0.15, 0.2) is 179 Å². The number of anilines is 5. The van der Waals surface area contributed by atoms with Crippen LogP contribution in [0.2, 0.25) is 0 Å². The molecule has 326 valence electrons. The monoisotopic (exact) mass is 868 g/mol. The Hall–Kier alpha value is -7.24. The quantitative estimate of drug-likeness (QED) is 0.165. The molecule has 2 aromatic heterocycles. The molecule has 5 heteroatoms. The maximum Gasteiger partial charge on any atom is 0.337 e. The molecule has 3 aliphatic rings. The second-order valence-electron chi connectivity index (χ2n) is 21.5. The predicted octanol–water partition coefficient (Wildman–Crippen LogP) is 16.0. The van der Waals surface area contributed by atoms with Crippen molar-refractivity contribution < 1.29 is 8.83 Å². The lowest BCUT2D eigenvalue weighted by molar-refractivity contribution is 0.332. The van der Waals surface area contributed by atoms with Crippen LogP contribution >= 0.6 is 0 Å². The summed E-state index contributed by atoms with van der Waals surface area (Å²) in [6, 6.07) is 62.8. The molecule has 0 unspecified atom stereocenters. The molecule has 4 heterocycles. The number of nitrogens with zero attached hydrogens (tertiary/aromatic N) is 2. The number of para-hydroxylation sites is 2. The molecule has 0 bridgehead atoms. The van der Waals surface area contributed by atoms with E-state index >= 15 is 0 Å². The Labute approximate surface area is 393 Å². The number of hydrogen-bond donors (Lipinski definition) is 0. The predicted molar refractivity (Wildman–Crippen MR) is 282 cm³/mol. The van der Waals surface area contributed by atoms with E-state index in [0.29, 0.717) is 0 Å². The van der Waals surface area contributed by atoms with Crippen LogP contribution in [-0.2, 0) is 16.2 Å². The summed E-state index contributed by atoms with van der Waals surface area (Å²) in [5, 5.41) is 3.29. The zero-order valence-corrected chi connectivity index (χ0v) is 39.4. The Bertz CT molecular complexity index is 3650. The molecule has 0 N–H and O–H groups in total. The van der Waals surface area contributed by atoms with Crippen LogP contribution in [0, 0.1) is 0 Å². The summed E-state index contributed by atoms with van der Waals surface area (Å²) in [5.74, 6) is 0.812. The lowest BCUT2D eigenvalue weighted by Crippen LogP contribution is -2.61. The molecule has 2 aliphatic heterocycles. The van der Waals surface area contributed by atoms with Crippen molar-refractivity contribution in [2.24, 2.45) is 0 Å². The Kier molecular flexibility index (Phi) is 8.46. The van der Waals surface area contributed by atoms with Gasteiger partial charge in [0.15, 0.2) is 5.58 Å². The van der Waals surface area contributed by atoms with E-state index in [1.54, 1.807) is 0 Å². The van der Waals surface area contributed by atoms with E-state index < -0.39 is 0 Å². The fourth-order valence-electron chi connectivity index (χ4n) is 11.8. The average molecular weight is 869 g/mol. The average Bonchev–Trinajstić information content (AvgIpc) is 3.92. The Balaban J connectivity index is 1.20. The number of furan rings is 2. The summed E-state index contributed by atoms with van der Waals surface area (Å²) in [5.41, 5.74) is 20.6. The van der Waals surface area contributed by atoms with Gasteiger partial charge in [0.05, 0.1) is 11.4 Å². The maximum atomic E-state index is 7.38. The van der Waals surface area contributed by atoms with Gasteiger partial charge in [-0.2, -0.15) is 0 Å². The molecule has 0 spiro atoms. The zero-order chi connectivity index (χ0) is 45.6. The van der Waals surface area contributed by atoms with E-state index in [0.717, 1.165) is 79.6 Å². The van der Waals surface area contributed by atoms with Crippen molar-refractivity contribution in [3.8, 4) is 33.4 Å². The van der Waals surface area contributed by atoms with Crippen molar-refractivity contribution in [2.75, 3.05) is 9.71 Å². The number of fused-ring (bicyclic) bond motifs is 11. The van der Waals surface area contributed by atoms with E-state index in [4.69, 9.17) is 8.83 Å². The second kappa shape index (κ2) is 14.1. The smallest absolute Gasteiger partial charge is 0.337 e. The fraction of sp³-hybridized carbons (Fsp3) is 0.194. The van der Waals surface area contributed by atoms with Gasteiger partial charge in [-0.1, -0.05) is 164 Å². The van der Waals surface area contributed by atoms with Crippen LogP contribution in [0.1, 0.15) is 78.0 Å². The van der Waals surface area contributed by atoms with Gasteiger partial charge in [0.1, 0.15) is 11.2 Å². The summed E-state index contributed by atoms with van der Waals surface area (Å²) < 4.78 is 14.6. The van der Waals surface area contributed by atoms with Crippen LogP contribution in [0.4, 0.5) is 28.6 Å². The summed E-state index contributed by atoms with van der Waals surface area (Å²) in [7, 11) is 0. The van der Waals surface area contributed by atoms with Crippen molar-refractivity contribution >= 4 is 79.3 Å². The normalized spacial score (nSPS) is 15.7. The molecule has 0 saturated carbocycles. The third-order valence-electron chi connectivity index (χ3n) is 15.5. The molecule has 8 aromatic carbocycles. The van der Waals surface area contributed by atoms with Crippen molar-refractivity contribution in [1.29, 1.82) is 0 Å². The van der Waals surface area contributed by atoms with E-state index in [-0.39, 0.29) is 23.1 Å².